The molecule has 0 amide bonds. The second kappa shape index (κ2) is 4.45. The monoisotopic (exact) mass is 240 g/mol. The summed E-state index contributed by atoms with van der Waals surface area (Å²) in [7, 11) is 0. The van der Waals surface area contributed by atoms with E-state index in [4.69, 9.17) is 17.3 Å². The number of nitrogens with zero attached hydrogens (tertiary/aromatic N) is 3. The summed E-state index contributed by atoms with van der Waals surface area (Å²) in [4.78, 5) is 10.4. The molecule has 0 radical (unpaired) electrons. The Kier molecular flexibility index (Phi) is 3.19. The van der Waals surface area contributed by atoms with Crippen molar-refractivity contribution in [3.8, 4) is 0 Å². The third kappa shape index (κ3) is 1.94. The van der Waals surface area contributed by atoms with E-state index >= 15 is 0 Å². The molecule has 0 aliphatic carbocycles. The largest absolute Gasteiger partial charge is 0.382 e. The molecule has 1 saturated heterocycles. The van der Waals surface area contributed by atoms with Crippen LogP contribution in [0.25, 0.3) is 0 Å². The van der Waals surface area contributed by atoms with E-state index in [0.29, 0.717) is 22.8 Å². The van der Waals surface area contributed by atoms with Gasteiger partial charge in [0, 0.05) is 12.6 Å². The number of hydrogen-bond donors (Lipinski definition) is 1. The van der Waals surface area contributed by atoms with Crippen LogP contribution in [-0.4, -0.2) is 22.6 Å². The van der Waals surface area contributed by atoms with Gasteiger partial charge < -0.3 is 10.6 Å². The van der Waals surface area contributed by atoms with Gasteiger partial charge in [-0.3, -0.25) is 0 Å². The summed E-state index contributed by atoms with van der Waals surface area (Å²) in [6, 6.07) is 0.506. The molecule has 16 heavy (non-hydrogen) atoms. The molecule has 0 spiro atoms. The maximum Gasteiger partial charge on any atom is 0.153 e. The highest BCUT2D eigenvalue weighted by Gasteiger charge is 2.29. The molecule has 0 aromatic carbocycles. The van der Waals surface area contributed by atoms with Gasteiger partial charge in [0.2, 0.25) is 0 Å². The number of anilines is 2. The van der Waals surface area contributed by atoms with Crippen LogP contribution in [0.1, 0.15) is 26.7 Å². The molecule has 4 nitrogen and oxygen atoms in total. The van der Waals surface area contributed by atoms with E-state index in [9.17, 15) is 0 Å². The van der Waals surface area contributed by atoms with Gasteiger partial charge in [-0.05, 0) is 18.8 Å². The fraction of sp³-hybridized carbons (Fsp3) is 0.636. The Morgan fingerprint density at radius 3 is 2.94 bits per heavy atom. The number of rotatable bonds is 2. The van der Waals surface area contributed by atoms with Gasteiger partial charge in [-0.25, -0.2) is 9.97 Å². The van der Waals surface area contributed by atoms with Gasteiger partial charge in [-0.15, -0.1) is 0 Å². The van der Waals surface area contributed by atoms with Crippen LogP contribution >= 0.6 is 11.6 Å². The van der Waals surface area contributed by atoms with Crippen LogP contribution in [-0.2, 0) is 0 Å². The van der Waals surface area contributed by atoms with Crippen molar-refractivity contribution < 1.29 is 0 Å². The highest BCUT2D eigenvalue weighted by molar-refractivity contribution is 6.35. The highest BCUT2D eigenvalue weighted by atomic mass is 35.5. The summed E-state index contributed by atoms with van der Waals surface area (Å²) >= 11 is 6.15. The topological polar surface area (TPSA) is 55.0 Å². The lowest BCUT2D eigenvalue weighted by Gasteiger charge is -2.29. The lowest BCUT2D eigenvalue weighted by molar-refractivity contribution is 0.489. The number of nitrogens with two attached hydrogens (primary N) is 1. The zero-order chi connectivity index (χ0) is 11.7. The minimum absolute atomic E-state index is 0.362. The van der Waals surface area contributed by atoms with Crippen molar-refractivity contribution in [3.63, 3.8) is 0 Å². The molecule has 2 rings (SSSR count). The van der Waals surface area contributed by atoms with Crippen molar-refractivity contribution >= 4 is 23.2 Å². The Labute approximate surface area is 101 Å². The number of halogens is 1. The molecule has 1 fully saturated rings. The molecular weight excluding hydrogens is 224 g/mol. The van der Waals surface area contributed by atoms with E-state index in [2.05, 4.69) is 28.7 Å². The summed E-state index contributed by atoms with van der Waals surface area (Å²) in [5.74, 6) is 1.74. The van der Waals surface area contributed by atoms with Crippen molar-refractivity contribution in [1.82, 2.24) is 9.97 Å². The molecule has 1 aliphatic heterocycles. The van der Waals surface area contributed by atoms with Gasteiger partial charge in [0.25, 0.3) is 0 Å². The van der Waals surface area contributed by atoms with E-state index in [1.807, 2.05) is 0 Å². The smallest absolute Gasteiger partial charge is 0.153 e. The average molecular weight is 241 g/mol. The van der Waals surface area contributed by atoms with Crippen molar-refractivity contribution in [2.75, 3.05) is 17.2 Å². The Morgan fingerprint density at radius 2 is 2.25 bits per heavy atom. The first-order valence-electron chi connectivity index (χ1n) is 5.64. The predicted molar refractivity (Wildman–Crippen MR) is 66.7 cm³/mol. The molecule has 0 bridgehead atoms. The fourth-order valence-corrected chi connectivity index (χ4v) is 2.53. The Morgan fingerprint density at radius 1 is 1.50 bits per heavy atom. The minimum atomic E-state index is 0.362. The van der Waals surface area contributed by atoms with Gasteiger partial charge >= 0.3 is 0 Å². The maximum absolute atomic E-state index is 6.15. The Balaban J connectivity index is 2.33. The summed E-state index contributed by atoms with van der Waals surface area (Å²) in [6.45, 7) is 5.45. The summed E-state index contributed by atoms with van der Waals surface area (Å²) in [5, 5.41) is 0.482. The molecule has 5 heteroatoms. The maximum atomic E-state index is 6.15. The third-order valence-electron chi connectivity index (χ3n) is 3.14. The number of hydrogen-bond acceptors (Lipinski definition) is 4. The van der Waals surface area contributed by atoms with E-state index in [-0.39, 0.29) is 0 Å². The fourth-order valence-electron chi connectivity index (χ4n) is 2.32. The van der Waals surface area contributed by atoms with Crippen LogP contribution in [0.2, 0.25) is 5.02 Å². The van der Waals surface area contributed by atoms with Gasteiger partial charge in [0.05, 0.1) is 0 Å². The van der Waals surface area contributed by atoms with E-state index in [1.54, 1.807) is 0 Å². The van der Waals surface area contributed by atoms with Gasteiger partial charge in [0.1, 0.15) is 17.2 Å². The van der Waals surface area contributed by atoms with Crippen molar-refractivity contribution in [2.45, 2.75) is 32.7 Å². The molecular formula is C11H17ClN4. The van der Waals surface area contributed by atoms with Crippen LogP contribution in [0.3, 0.4) is 0 Å². The molecule has 1 aliphatic rings. The van der Waals surface area contributed by atoms with Crippen LogP contribution in [0.4, 0.5) is 11.6 Å². The Hall–Kier alpha value is -1.03. The average Bonchev–Trinajstić information content (AvgIpc) is 2.70. The quantitative estimate of drug-likeness (QED) is 0.862. The predicted octanol–water partition coefficient (Wildman–Crippen LogP) is 2.34. The zero-order valence-electron chi connectivity index (χ0n) is 9.65. The highest BCUT2D eigenvalue weighted by Crippen LogP contribution is 2.34. The molecule has 2 N–H and O–H groups in total. The minimum Gasteiger partial charge on any atom is -0.382 e. The van der Waals surface area contributed by atoms with Crippen LogP contribution < -0.4 is 10.6 Å². The third-order valence-corrected chi connectivity index (χ3v) is 3.50. The normalized spacial score (nSPS) is 20.8. The number of nitrogen functional groups attached to an aromatic ring is 1. The van der Waals surface area contributed by atoms with E-state index in [1.165, 1.54) is 19.2 Å². The zero-order valence-corrected chi connectivity index (χ0v) is 10.4. The lowest BCUT2D eigenvalue weighted by atomic mass is 10.0. The summed E-state index contributed by atoms with van der Waals surface area (Å²) < 4.78 is 0. The first-order valence-corrected chi connectivity index (χ1v) is 6.01. The molecule has 0 saturated carbocycles. The van der Waals surface area contributed by atoms with Crippen LogP contribution in [0.15, 0.2) is 6.33 Å². The lowest BCUT2D eigenvalue weighted by Crippen LogP contribution is -2.34. The molecule has 1 atom stereocenters. The van der Waals surface area contributed by atoms with Crippen LogP contribution in [0.5, 0.6) is 0 Å². The molecule has 1 aromatic rings. The number of aromatic nitrogens is 2. The standard InChI is InChI=1S/C11H17ClN4/c1-7(2)8-4-3-5-16(8)11-9(12)10(13)14-6-15-11/h6-8H,3-5H2,1-2H3,(H2,13,14,15). The molecule has 1 aromatic heterocycles. The van der Waals surface area contributed by atoms with Gasteiger partial charge in [-0.1, -0.05) is 25.4 Å². The van der Waals surface area contributed by atoms with Crippen LogP contribution in [0, 0.1) is 5.92 Å². The SMILES string of the molecule is CC(C)C1CCCN1c1ncnc(N)c1Cl. The second-order valence-corrected chi connectivity index (χ2v) is 4.92. The first-order chi connectivity index (χ1) is 7.61. The van der Waals surface area contributed by atoms with E-state index < -0.39 is 0 Å². The summed E-state index contributed by atoms with van der Waals surface area (Å²) in [5.41, 5.74) is 5.70. The van der Waals surface area contributed by atoms with Gasteiger partial charge in [0.15, 0.2) is 5.82 Å². The summed E-state index contributed by atoms with van der Waals surface area (Å²) in [6.07, 6.45) is 3.85. The van der Waals surface area contributed by atoms with Crippen molar-refractivity contribution in [2.24, 2.45) is 5.92 Å². The second-order valence-electron chi connectivity index (χ2n) is 4.54. The van der Waals surface area contributed by atoms with E-state index in [0.717, 1.165) is 12.4 Å². The van der Waals surface area contributed by atoms with Crippen molar-refractivity contribution in [1.29, 1.82) is 0 Å². The molecule has 88 valence electrons. The molecule has 1 unspecified atom stereocenters. The van der Waals surface area contributed by atoms with Gasteiger partial charge in [-0.2, -0.15) is 0 Å². The van der Waals surface area contributed by atoms with Crippen molar-refractivity contribution in [3.05, 3.63) is 11.3 Å². The molecule has 2 heterocycles. The Bertz CT molecular complexity index is 380. The first kappa shape index (κ1) is 11.5.